The van der Waals surface area contributed by atoms with Gasteiger partial charge in [0.1, 0.15) is 5.75 Å². The van der Waals surface area contributed by atoms with Crippen LogP contribution in [0.15, 0.2) is 127 Å². The number of phenols is 1. The van der Waals surface area contributed by atoms with Crippen LogP contribution in [0.5, 0.6) is 5.75 Å². The largest absolute Gasteiger partial charge is 0.508 e. The number of rotatable bonds is 7. The molecule has 5 aromatic rings. The standard InChI is InChI=1S/C44H32Cl2F3N5O5/c45-25-12-10-23(11-13-25)43-33(40(57)54(42(43)59)52-38-34(46)20-24(22-50-38)44(47,48)49)21-32-29(37(43)30-8-4-5-9-35(30)55)18-19-31-36(32)41(58)53(39(31)56)28-16-14-27(15-17-28)51-26-6-2-1-3-7-26/h1-18,20,22,31-33,36-37,51,55H,19,21H2,(H,50,52). The molecule has 4 aromatic carbocycles. The first-order valence-electron chi connectivity index (χ1n) is 18.7. The van der Waals surface area contributed by atoms with Crippen molar-refractivity contribution in [1.82, 2.24) is 9.99 Å². The molecule has 59 heavy (non-hydrogen) atoms. The average Bonchev–Trinajstić information content (AvgIpc) is 3.60. The molecule has 6 atom stereocenters. The minimum absolute atomic E-state index is 0.0660. The van der Waals surface area contributed by atoms with Gasteiger partial charge in [0.15, 0.2) is 5.82 Å². The maximum atomic E-state index is 15.3. The average molecular weight is 839 g/mol. The molecule has 6 unspecified atom stereocenters. The molecule has 1 saturated carbocycles. The number of allylic oxidation sites excluding steroid dienone is 2. The maximum Gasteiger partial charge on any atom is 0.417 e. The number of halogens is 5. The summed E-state index contributed by atoms with van der Waals surface area (Å²) in [5, 5.41) is 15.4. The zero-order valence-corrected chi connectivity index (χ0v) is 32.2. The number of benzene rings is 4. The van der Waals surface area contributed by atoms with Crippen molar-refractivity contribution in [3.05, 3.63) is 154 Å². The normalized spacial score (nSPS) is 25.0. The molecule has 15 heteroatoms. The minimum atomic E-state index is -4.76. The molecular formula is C44H32Cl2F3N5O5. The first-order valence-corrected chi connectivity index (χ1v) is 19.5. The predicted molar refractivity (Wildman–Crippen MR) is 214 cm³/mol. The number of amides is 4. The summed E-state index contributed by atoms with van der Waals surface area (Å²) in [5.41, 5.74) is 2.93. The Morgan fingerprint density at radius 3 is 2.15 bits per heavy atom. The highest BCUT2D eigenvalue weighted by atomic mass is 35.5. The number of imide groups is 2. The van der Waals surface area contributed by atoms with Gasteiger partial charge in [0.2, 0.25) is 11.8 Å². The summed E-state index contributed by atoms with van der Waals surface area (Å²) in [6.45, 7) is 0. The third kappa shape index (κ3) is 6.13. The van der Waals surface area contributed by atoms with E-state index in [-0.39, 0.29) is 24.4 Å². The molecule has 3 fully saturated rings. The van der Waals surface area contributed by atoms with Crippen LogP contribution in [0.2, 0.25) is 10.0 Å². The molecule has 0 spiro atoms. The number of anilines is 4. The highest BCUT2D eigenvalue weighted by Crippen LogP contribution is 2.65. The number of pyridine rings is 1. The van der Waals surface area contributed by atoms with Crippen LogP contribution in [0, 0.1) is 23.7 Å². The highest BCUT2D eigenvalue weighted by molar-refractivity contribution is 6.33. The van der Waals surface area contributed by atoms with Crippen molar-refractivity contribution >= 4 is 69.7 Å². The molecule has 3 heterocycles. The van der Waals surface area contributed by atoms with Gasteiger partial charge in [0, 0.05) is 34.1 Å². The van der Waals surface area contributed by atoms with Crippen molar-refractivity contribution < 1.29 is 37.5 Å². The lowest BCUT2D eigenvalue weighted by atomic mass is 9.49. The Balaban J connectivity index is 1.14. The smallest absolute Gasteiger partial charge is 0.417 e. The molecule has 0 radical (unpaired) electrons. The van der Waals surface area contributed by atoms with E-state index < -0.39 is 75.4 Å². The summed E-state index contributed by atoms with van der Waals surface area (Å²) in [6, 6.07) is 29.8. The van der Waals surface area contributed by atoms with E-state index in [4.69, 9.17) is 23.2 Å². The zero-order chi connectivity index (χ0) is 41.4. The van der Waals surface area contributed by atoms with E-state index in [2.05, 4.69) is 15.7 Å². The first-order chi connectivity index (χ1) is 28.3. The Morgan fingerprint density at radius 1 is 0.797 bits per heavy atom. The third-order valence-corrected chi connectivity index (χ3v) is 12.5. The minimum Gasteiger partial charge on any atom is -0.508 e. The summed E-state index contributed by atoms with van der Waals surface area (Å²) in [5.74, 6) is -7.67. The zero-order valence-electron chi connectivity index (χ0n) is 30.7. The number of hydrogen-bond acceptors (Lipinski definition) is 8. The van der Waals surface area contributed by atoms with E-state index >= 15 is 4.79 Å². The molecule has 4 amide bonds. The van der Waals surface area contributed by atoms with Gasteiger partial charge in [-0.2, -0.15) is 18.2 Å². The summed E-state index contributed by atoms with van der Waals surface area (Å²) < 4.78 is 40.5. The molecule has 3 N–H and O–H groups in total. The summed E-state index contributed by atoms with van der Waals surface area (Å²) >= 11 is 12.6. The topological polar surface area (TPSA) is 132 Å². The van der Waals surface area contributed by atoms with Crippen molar-refractivity contribution in [2.75, 3.05) is 15.6 Å². The number of phenolic OH excluding ortho intramolecular Hbond substituents is 1. The maximum absolute atomic E-state index is 15.3. The number of para-hydroxylation sites is 2. The number of carbonyl (C=O) groups is 4. The quantitative estimate of drug-likeness (QED) is 0.109. The predicted octanol–water partition coefficient (Wildman–Crippen LogP) is 9.05. The third-order valence-electron chi connectivity index (χ3n) is 12.0. The van der Waals surface area contributed by atoms with Crippen LogP contribution in [0.4, 0.5) is 36.1 Å². The number of fused-ring (bicyclic) bond motifs is 4. The second-order valence-electron chi connectivity index (χ2n) is 15.0. The number of nitrogens with one attached hydrogen (secondary N) is 2. The Morgan fingerprint density at radius 2 is 1.47 bits per heavy atom. The Labute approximate surface area is 345 Å². The Bertz CT molecular complexity index is 2570. The molecule has 2 aliphatic carbocycles. The van der Waals surface area contributed by atoms with Gasteiger partial charge in [-0.25, -0.2) is 4.98 Å². The van der Waals surface area contributed by atoms with Gasteiger partial charge >= 0.3 is 6.18 Å². The van der Waals surface area contributed by atoms with Gasteiger partial charge in [0.25, 0.3) is 11.8 Å². The summed E-state index contributed by atoms with van der Waals surface area (Å²) in [7, 11) is 0. The van der Waals surface area contributed by atoms with Crippen LogP contribution < -0.4 is 15.6 Å². The molecule has 2 aliphatic heterocycles. The van der Waals surface area contributed by atoms with Crippen LogP contribution in [-0.4, -0.2) is 38.7 Å². The summed E-state index contributed by atoms with van der Waals surface area (Å²) in [4.78, 5) is 64.1. The highest BCUT2D eigenvalue weighted by Gasteiger charge is 2.70. The lowest BCUT2D eigenvalue weighted by molar-refractivity contribution is -0.139. The van der Waals surface area contributed by atoms with Gasteiger partial charge in [-0.3, -0.25) is 29.5 Å². The van der Waals surface area contributed by atoms with Crippen LogP contribution in [-0.2, 0) is 30.8 Å². The van der Waals surface area contributed by atoms with Gasteiger partial charge in [-0.05, 0) is 85.0 Å². The van der Waals surface area contributed by atoms with E-state index in [1.165, 1.54) is 11.0 Å². The fourth-order valence-corrected chi connectivity index (χ4v) is 9.83. The van der Waals surface area contributed by atoms with E-state index in [1.54, 1.807) is 66.7 Å². The lowest BCUT2D eigenvalue weighted by Gasteiger charge is -2.50. The lowest BCUT2D eigenvalue weighted by Crippen LogP contribution is -2.53. The Hall–Kier alpha value is -6.18. The van der Waals surface area contributed by atoms with E-state index in [0.717, 1.165) is 11.4 Å². The van der Waals surface area contributed by atoms with E-state index in [9.17, 15) is 32.7 Å². The molecule has 4 aliphatic rings. The van der Waals surface area contributed by atoms with Crippen molar-refractivity contribution in [3.8, 4) is 5.75 Å². The number of aromatic hydroxyl groups is 1. The van der Waals surface area contributed by atoms with Crippen molar-refractivity contribution in [3.63, 3.8) is 0 Å². The first kappa shape index (κ1) is 38.3. The number of alkyl halides is 3. The molecule has 1 aromatic heterocycles. The SMILES string of the molecule is O=C1C2CC3C(=CCC4C(=O)N(c5ccc(Nc6ccccc6)cc5)C(=O)C43)C(c3ccccc3O)C2(c2ccc(Cl)cc2)C(=O)N1Nc1ncc(C(F)(F)F)cc1Cl. The van der Waals surface area contributed by atoms with Crippen molar-refractivity contribution in [1.29, 1.82) is 0 Å². The van der Waals surface area contributed by atoms with Gasteiger partial charge in [-0.1, -0.05) is 83.4 Å². The molecule has 9 rings (SSSR count). The Kier molecular flexibility index (Phi) is 9.28. The number of hydrazine groups is 1. The number of carbonyl (C=O) groups excluding carboxylic acids is 4. The number of aromatic nitrogens is 1. The second-order valence-corrected chi connectivity index (χ2v) is 15.9. The van der Waals surface area contributed by atoms with E-state index in [1.807, 2.05) is 36.4 Å². The van der Waals surface area contributed by atoms with Crippen LogP contribution in [0.3, 0.4) is 0 Å². The molecule has 0 bridgehead atoms. The fourth-order valence-electron chi connectivity index (χ4n) is 9.50. The van der Waals surface area contributed by atoms with Crippen LogP contribution >= 0.6 is 23.2 Å². The fraction of sp³-hybridized carbons (Fsp3) is 0.205. The molecule has 298 valence electrons. The van der Waals surface area contributed by atoms with Gasteiger partial charge in [0.05, 0.1) is 39.4 Å². The molecule has 2 saturated heterocycles. The van der Waals surface area contributed by atoms with Crippen molar-refractivity contribution in [2.24, 2.45) is 23.7 Å². The molecular weight excluding hydrogens is 806 g/mol. The van der Waals surface area contributed by atoms with Crippen molar-refractivity contribution in [2.45, 2.75) is 30.4 Å². The molecule has 10 nitrogen and oxygen atoms in total. The van der Waals surface area contributed by atoms with Gasteiger partial charge in [-0.15, -0.1) is 0 Å². The van der Waals surface area contributed by atoms with E-state index in [0.29, 0.717) is 44.7 Å². The number of nitrogens with zero attached hydrogens (tertiary/aromatic N) is 3. The van der Waals surface area contributed by atoms with Gasteiger partial charge < -0.3 is 10.4 Å². The second kappa shape index (κ2) is 14.3. The number of hydrogen-bond donors (Lipinski definition) is 3. The summed E-state index contributed by atoms with van der Waals surface area (Å²) in [6.07, 6.45) is -2.30. The van der Waals surface area contributed by atoms with Crippen LogP contribution in [0.25, 0.3) is 0 Å². The van der Waals surface area contributed by atoms with Crippen LogP contribution in [0.1, 0.15) is 35.4 Å². The monoisotopic (exact) mass is 837 g/mol.